The van der Waals surface area contributed by atoms with Gasteiger partial charge in [-0.25, -0.2) is 0 Å². The summed E-state index contributed by atoms with van der Waals surface area (Å²) in [5, 5.41) is 6.64. The molecule has 0 atom stereocenters. The summed E-state index contributed by atoms with van der Waals surface area (Å²) >= 11 is 0. The van der Waals surface area contributed by atoms with Crippen LogP contribution >= 0.6 is 0 Å². The van der Waals surface area contributed by atoms with Crippen LogP contribution in [0.1, 0.15) is 43.0 Å². The number of hydrogen-bond donors (Lipinski definition) is 0. The third-order valence-corrected chi connectivity index (χ3v) is 6.72. The topological polar surface area (TPSA) is 17.3 Å². The molecule has 6 rings (SSSR count). The zero-order valence-electron chi connectivity index (χ0n) is 19.2. The van der Waals surface area contributed by atoms with Gasteiger partial charge >= 0.3 is 0 Å². The zero-order valence-corrected chi connectivity index (χ0v) is 19.2. The van der Waals surface area contributed by atoms with Crippen LogP contribution in [0.5, 0.6) is 0 Å². The minimum Gasteiger partial charge on any atom is -0.308 e. The first-order valence-electron chi connectivity index (χ1n) is 11.2. The lowest BCUT2D eigenvalue weighted by atomic mass is 9.85. The molecule has 0 amide bonds. The average Bonchev–Trinajstić information content (AvgIpc) is 3.03. The Labute approximate surface area is 182 Å². The lowest BCUT2D eigenvalue weighted by molar-refractivity contribution is 0.413. The maximum absolute atomic E-state index is 4.93. The lowest BCUT2D eigenvalue weighted by Gasteiger charge is -2.21. The van der Waals surface area contributed by atoms with Crippen molar-refractivity contribution in [3.63, 3.8) is 0 Å². The highest BCUT2D eigenvalue weighted by atomic mass is 14.9. The Morgan fingerprint density at radius 2 is 1.65 bits per heavy atom. The normalized spacial score (nSPS) is 13.0. The minimum absolute atomic E-state index is 0.211. The van der Waals surface area contributed by atoms with Gasteiger partial charge in [0.2, 0.25) is 0 Å². The van der Waals surface area contributed by atoms with Crippen LogP contribution in [0, 0.1) is 26.2 Å². The second-order valence-electron chi connectivity index (χ2n) is 10.5. The SMILES string of the molecule is Cc1cc(C)c2c(c1)c1nccc3cc(CC(C)(C)C)c4c5c(C)cccc5n2c4c31. The molecule has 2 heteroatoms. The molecule has 0 N–H and O–H groups in total. The van der Waals surface area contributed by atoms with Crippen molar-refractivity contribution in [1.29, 1.82) is 0 Å². The minimum atomic E-state index is 0.211. The van der Waals surface area contributed by atoms with Gasteiger partial charge in [0.15, 0.2) is 0 Å². The summed E-state index contributed by atoms with van der Waals surface area (Å²) in [6.45, 7) is 13.7. The Bertz CT molecular complexity index is 1660. The third kappa shape index (κ3) is 2.48. The number of benzene rings is 3. The largest absolute Gasteiger partial charge is 0.308 e. The first-order chi connectivity index (χ1) is 14.7. The van der Waals surface area contributed by atoms with Crippen molar-refractivity contribution < 1.29 is 0 Å². The molecule has 0 fully saturated rings. The summed E-state index contributed by atoms with van der Waals surface area (Å²) in [4.78, 5) is 4.93. The maximum Gasteiger partial charge on any atom is 0.0822 e. The van der Waals surface area contributed by atoms with E-state index in [1.54, 1.807) is 0 Å². The molecule has 0 unspecified atom stereocenters. The van der Waals surface area contributed by atoms with Crippen molar-refractivity contribution in [2.75, 3.05) is 0 Å². The van der Waals surface area contributed by atoms with Gasteiger partial charge in [0.05, 0.1) is 22.1 Å². The number of hydrogen-bond acceptors (Lipinski definition) is 1. The quantitative estimate of drug-likeness (QED) is 0.201. The number of rotatable bonds is 1. The molecule has 0 radical (unpaired) electrons. The summed E-state index contributed by atoms with van der Waals surface area (Å²) in [7, 11) is 0. The molecule has 3 heterocycles. The molecule has 31 heavy (non-hydrogen) atoms. The van der Waals surface area contributed by atoms with Crippen LogP contribution in [0.3, 0.4) is 0 Å². The number of fused-ring (bicyclic) bond motifs is 6. The molecule has 6 aromatic rings. The van der Waals surface area contributed by atoms with Gasteiger partial charge in [0, 0.05) is 27.7 Å². The summed E-state index contributed by atoms with van der Waals surface area (Å²) in [6, 6.07) is 16.0. The molecule has 2 nitrogen and oxygen atoms in total. The second kappa shape index (κ2) is 5.97. The molecular weight excluding hydrogens is 376 g/mol. The molecular formula is C29H28N2. The van der Waals surface area contributed by atoms with Gasteiger partial charge < -0.3 is 4.40 Å². The fraction of sp³-hybridized carbons (Fsp3) is 0.276. The van der Waals surface area contributed by atoms with E-state index >= 15 is 0 Å². The highest BCUT2D eigenvalue weighted by molar-refractivity contribution is 6.29. The Morgan fingerprint density at radius 3 is 2.42 bits per heavy atom. The second-order valence-corrected chi connectivity index (χ2v) is 10.5. The van der Waals surface area contributed by atoms with Crippen LogP contribution in [0.4, 0.5) is 0 Å². The van der Waals surface area contributed by atoms with Crippen molar-refractivity contribution in [3.8, 4) is 0 Å². The van der Waals surface area contributed by atoms with Crippen LogP contribution in [-0.4, -0.2) is 9.38 Å². The van der Waals surface area contributed by atoms with Crippen LogP contribution in [0.25, 0.3) is 49.0 Å². The standard InChI is InChI=1S/C29H28N2/c1-16-12-18(3)27-21(13-16)26-25-19(10-11-30-26)14-20(15-29(4,5)6)24-23-17(2)8-7-9-22(23)31(27)28(24)25/h7-14H,15H2,1-6H3. The first kappa shape index (κ1) is 18.6. The summed E-state index contributed by atoms with van der Waals surface area (Å²) in [5.41, 5.74) is 10.6. The molecule has 0 saturated carbocycles. The molecule has 3 aromatic heterocycles. The smallest absolute Gasteiger partial charge is 0.0822 e. The molecule has 3 aromatic carbocycles. The van der Waals surface area contributed by atoms with E-state index in [-0.39, 0.29) is 5.41 Å². The summed E-state index contributed by atoms with van der Waals surface area (Å²) in [6.07, 6.45) is 3.03. The number of pyridine rings is 2. The van der Waals surface area contributed by atoms with Crippen LogP contribution < -0.4 is 0 Å². The van der Waals surface area contributed by atoms with E-state index in [0.29, 0.717) is 0 Å². The molecule has 154 valence electrons. The molecule has 0 aliphatic rings. The van der Waals surface area contributed by atoms with Gasteiger partial charge in [-0.3, -0.25) is 4.98 Å². The van der Waals surface area contributed by atoms with E-state index in [4.69, 9.17) is 4.98 Å². The predicted molar refractivity (Wildman–Crippen MR) is 134 cm³/mol. The van der Waals surface area contributed by atoms with Gasteiger partial charge in [-0.05, 0) is 72.9 Å². The van der Waals surface area contributed by atoms with Crippen molar-refractivity contribution in [3.05, 3.63) is 70.9 Å². The van der Waals surface area contributed by atoms with Gasteiger partial charge in [-0.1, -0.05) is 50.6 Å². The van der Waals surface area contributed by atoms with Crippen molar-refractivity contribution in [2.24, 2.45) is 5.41 Å². The Hall–Kier alpha value is -3.13. The summed E-state index contributed by atoms with van der Waals surface area (Å²) in [5.74, 6) is 0. The number of aromatic nitrogens is 2. The van der Waals surface area contributed by atoms with Crippen molar-refractivity contribution in [1.82, 2.24) is 9.38 Å². The average molecular weight is 405 g/mol. The third-order valence-electron chi connectivity index (χ3n) is 6.72. The molecule has 0 aliphatic heterocycles. The van der Waals surface area contributed by atoms with Crippen LogP contribution in [0.15, 0.2) is 48.7 Å². The lowest BCUT2D eigenvalue weighted by Crippen LogP contribution is -2.09. The van der Waals surface area contributed by atoms with E-state index < -0.39 is 0 Å². The highest BCUT2D eigenvalue weighted by Gasteiger charge is 2.24. The van der Waals surface area contributed by atoms with Gasteiger partial charge in [0.25, 0.3) is 0 Å². The number of nitrogens with zero attached hydrogens (tertiary/aromatic N) is 2. The first-order valence-corrected chi connectivity index (χ1v) is 11.2. The zero-order chi connectivity index (χ0) is 21.7. The predicted octanol–water partition coefficient (Wildman–Crippen LogP) is 7.90. The van der Waals surface area contributed by atoms with E-state index in [0.717, 1.165) is 11.9 Å². The Morgan fingerprint density at radius 1 is 0.839 bits per heavy atom. The monoisotopic (exact) mass is 404 g/mol. The molecule has 0 spiro atoms. The molecule has 0 aliphatic carbocycles. The Balaban J connectivity index is 2.04. The van der Waals surface area contributed by atoms with Crippen molar-refractivity contribution in [2.45, 2.75) is 48.0 Å². The Kier molecular flexibility index (Phi) is 3.59. The maximum atomic E-state index is 4.93. The fourth-order valence-electron chi connectivity index (χ4n) is 5.75. The van der Waals surface area contributed by atoms with Gasteiger partial charge in [-0.15, -0.1) is 0 Å². The van der Waals surface area contributed by atoms with E-state index in [9.17, 15) is 0 Å². The summed E-state index contributed by atoms with van der Waals surface area (Å²) < 4.78 is 2.53. The van der Waals surface area contributed by atoms with Crippen LogP contribution in [0.2, 0.25) is 0 Å². The molecule has 0 bridgehead atoms. The van der Waals surface area contributed by atoms with Crippen LogP contribution in [-0.2, 0) is 6.42 Å². The van der Waals surface area contributed by atoms with Gasteiger partial charge in [0.1, 0.15) is 0 Å². The van der Waals surface area contributed by atoms with Gasteiger partial charge in [-0.2, -0.15) is 0 Å². The molecule has 0 saturated heterocycles. The van der Waals surface area contributed by atoms with E-state index in [2.05, 4.69) is 88.4 Å². The number of aryl methyl sites for hydroxylation is 3. The fourth-order valence-corrected chi connectivity index (χ4v) is 5.75. The van der Waals surface area contributed by atoms with E-state index in [1.165, 1.54) is 65.7 Å². The highest BCUT2D eigenvalue weighted by Crippen LogP contribution is 2.44. The van der Waals surface area contributed by atoms with E-state index in [1.807, 2.05) is 6.20 Å². The van der Waals surface area contributed by atoms with Crippen molar-refractivity contribution >= 4 is 49.0 Å².